The highest BCUT2D eigenvalue weighted by atomic mass is 16.2. The van der Waals surface area contributed by atoms with Crippen LogP contribution in [-0.4, -0.2) is 49.8 Å². The fourth-order valence-electron chi connectivity index (χ4n) is 3.43. The van der Waals surface area contributed by atoms with Crippen LogP contribution in [0.1, 0.15) is 16.9 Å². The van der Waals surface area contributed by atoms with E-state index in [4.69, 9.17) is 0 Å². The molecule has 1 amide bonds. The predicted octanol–water partition coefficient (Wildman–Crippen LogP) is 1.61. The summed E-state index contributed by atoms with van der Waals surface area (Å²) in [6, 6.07) is 13.7. The number of aromatic amines is 1. The van der Waals surface area contributed by atoms with Crippen LogP contribution in [0.25, 0.3) is 16.6 Å². The molecule has 1 aliphatic heterocycles. The van der Waals surface area contributed by atoms with Crippen LogP contribution >= 0.6 is 0 Å². The Kier molecular flexibility index (Phi) is 3.34. The third-order valence-corrected chi connectivity index (χ3v) is 4.77. The first-order valence-corrected chi connectivity index (χ1v) is 8.57. The summed E-state index contributed by atoms with van der Waals surface area (Å²) in [5.74, 6) is 0.787. The first-order valence-electron chi connectivity index (χ1n) is 8.57. The Balaban J connectivity index is 1.28. The fraction of sp³-hybridized carbons (Fsp3) is 0.222. The van der Waals surface area contributed by atoms with E-state index in [0.717, 1.165) is 41.9 Å². The molecule has 8 nitrogen and oxygen atoms in total. The Bertz CT molecular complexity index is 1070. The number of para-hydroxylation sites is 1. The van der Waals surface area contributed by atoms with Crippen molar-refractivity contribution in [3.05, 3.63) is 54.5 Å². The van der Waals surface area contributed by atoms with Crippen molar-refractivity contribution in [1.82, 2.24) is 30.1 Å². The Morgan fingerprint density at radius 2 is 2.15 bits per heavy atom. The number of carbonyl (C=O) groups is 1. The van der Waals surface area contributed by atoms with Crippen LogP contribution in [0.3, 0.4) is 0 Å². The lowest BCUT2D eigenvalue weighted by Gasteiger charge is -2.17. The van der Waals surface area contributed by atoms with Crippen molar-refractivity contribution in [1.29, 1.82) is 0 Å². The Morgan fingerprint density at radius 3 is 3.08 bits per heavy atom. The van der Waals surface area contributed by atoms with Crippen LogP contribution < -0.4 is 10.2 Å². The summed E-state index contributed by atoms with van der Waals surface area (Å²) < 4.78 is 1.66. The van der Waals surface area contributed by atoms with Gasteiger partial charge in [-0.25, -0.2) is 0 Å². The molecule has 1 atom stereocenters. The number of amides is 1. The Hall–Kier alpha value is -3.42. The normalized spacial score (nSPS) is 17.2. The zero-order valence-electron chi connectivity index (χ0n) is 14.0. The molecule has 0 aliphatic carbocycles. The number of anilines is 1. The monoisotopic (exact) mass is 347 g/mol. The van der Waals surface area contributed by atoms with Crippen LogP contribution in [-0.2, 0) is 0 Å². The lowest BCUT2D eigenvalue weighted by Crippen LogP contribution is -2.37. The number of H-pyrrole nitrogens is 1. The standard InChI is InChI=1S/C18H17N7O/c26-18(15-9-12-3-1-2-4-14(12)21-15)20-13-7-8-24(10-13)17-6-5-16-22-19-11-25(16)23-17/h1-6,9,11,13,21H,7-8,10H2,(H,20,26). The maximum Gasteiger partial charge on any atom is 0.268 e. The van der Waals surface area contributed by atoms with Crippen molar-refractivity contribution < 1.29 is 4.79 Å². The Labute approximate surface area is 148 Å². The largest absolute Gasteiger partial charge is 0.353 e. The van der Waals surface area contributed by atoms with Gasteiger partial charge in [0.25, 0.3) is 5.91 Å². The average molecular weight is 347 g/mol. The first-order chi connectivity index (χ1) is 12.8. The zero-order chi connectivity index (χ0) is 17.5. The average Bonchev–Trinajstić information content (AvgIpc) is 3.39. The van der Waals surface area contributed by atoms with Gasteiger partial charge < -0.3 is 15.2 Å². The summed E-state index contributed by atoms with van der Waals surface area (Å²) in [4.78, 5) is 17.9. The van der Waals surface area contributed by atoms with E-state index in [0.29, 0.717) is 5.69 Å². The molecule has 0 spiro atoms. The second-order valence-corrected chi connectivity index (χ2v) is 6.50. The molecule has 3 aromatic heterocycles. The molecule has 0 bridgehead atoms. The van der Waals surface area contributed by atoms with Gasteiger partial charge in [0.15, 0.2) is 5.65 Å². The number of carbonyl (C=O) groups excluding carboxylic acids is 1. The summed E-state index contributed by atoms with van der Waals surface area (Å²) in [5, 5.41) is 16.5. The molecule has 1 aliphatic rings. The minimum absolute atomic E-state index is 0.0738. The van der Waals surface area contributed by atoms with Crippen LogP contribution in [0, 0.1) is 0 Å². The van der Waals surface area contributed by atoms with Gasteiger partial charge in [0.2, 0.25) is 0 Å². The molecule has 4 heterocycles. The molecular formula is C18H17N7O. The summed E-state index contributed by atoms with van der Waals surface area (Å²) >= 11 is 0. The number of aromatic nitrogens is 5. The highest BCUT2D eigenvalue weighted by Gasteiger charge is 2.26. The van der Waals surface area contributed by atoms with Crippen molar-refractivity contribution in [2.75, 3.05) is 18.0 Å². The molecule has 2 N–H and O–H groups in total. The van der Waals surface area contributed by atoms with E-state index in [1.54, 1.807) is 10.8 Å². The number of hydrogen-bond acceptors (Lipinski definition) is 5. The highest BCUT2D eigenvalue weighted by Crippen LogP contribution is 2.19. The van der Waals surface area contributed by atoms with Gasteiger partial charge in [-0.3, -0.25) is 4.79 Å². The van der Waals surface area contributed by atoms with Crippen LogP contribution in [0.2, 0.25) is 0 Å². The van der Waals surface area contributed by atoms with E-state index in [9.17, 15) is 4.79 Å². The van der Waals surface area contributed by atoms with E-state index in [-0.39, 0.29) is 11.9 Å². The third-order valence-electron chi connectivity index (χ3n) is 4.77. The quantitative estimate of drug-likeness (QED) is 0.588. The van der Waals surface area contributed by atoms with E-state index in [1.807, 2.05) is 42.5 Å². The second kappa shape index (κ2) is 5.83. The smallest absolute Gasteiger partial charge is 0.268 e. The molecule has 0 saturated carbocycles. The third kappa shape index (κ3) is 2.55. The van der Waals surface area contributed by atoms with Gasteiger partial charge in [0.05, 0.1) is 0 Å². The van der Waals surface area contributed by atoms with Crippen molar-refractivity contribution in [3.8, 4) is 0 Å². The Morgan fingerprint density at radius 1 is 1.23 bits per heavy atom. The van der Waals surface area contributed by atoms with Crippen LogP contribution in [0.4, 0.5) is 5.82 Å². The van der Waals surface area contributed by atoms with Gasteiger partial charge in [0, 0.05) is 30.0 Å². The molecule has 26 heavy (non-hydrogen) atoms. The number of rotatable bonds is 3. The molecule has 1 aromatic carbocycles. The summed E-state index contributed by atoms with van der Waals surface area (Å²) in [5.41, 5.74) is 2.28. The molecule has 1 unspecified atom stereocenters. The van der Waals surface area contributed by atoms with Crippen molar-refractivity contribution in [3.63, 3.8) is 0 Å². The second-order valence-electron chi connectivity index (χ2n) is 6.50. The zero-order valence-corrected chi connectivity index (χ0v) is 14.0. The van der Waals surface area contributed by atoms with Gasteiger partial charge in [-0.1, -0.05) is 18.2 Å². The summed E-state index contributed by atoms with van der Waals surface area (Å²) in [6.45, 7) is 1.57. The van der Waals surface area contributed by atoms with Gasteiger partial charge in [-0.2, -0.15) is 4.52 Å². The van der Waals surface area contributed by atoms with Crippen molar-refractivity contribution in [2.24, 2.45) is 0 Å². The number of benzene rings is 1. The molecular weight excluding hydrogens is 330 g/mol. The first kappa shape index (κ1) is 14.9. The maximum absolute atomic E-state index is 12.6. The van der Waals surface area contributed by atoms with E-state index in [1.165, 1.54) is 0 Å². The predicted molar refractivity (Wildman–Crippen MR) is 97.2 cm³/mol. The SMILES string of the molecule is O=C(NC1CCN(c2ccc3nncn3n2)C1)c1cc2ccccc2[nH]1. The van der Waals surface area contributed by atoms with Gasteiger partial charge in [-0.15, -0.1) is 15.3 Å². The van der Waals surface area contributed by atoms with E-state index >= 15 is 0 Å². The van der Waals surface area contributed by atoms with Crippen LogP contribution in [0.15, 0.2) is 48.8 Å². The fourth-order valence-corrected chi connectivity index (χ4v) is 3.43. The van der Waals surface area contributed by atoms with Crippen molar-refractivity contribution >= 4 is 28.3 Å². The molecule has 4 aromatic rings. The molecule has 1 fully saturated rings. The number of nitrogens with one attached hydrogen (secondary N) is 2. The molecule has 8 heteroatoms. The lowest BCUT2D eigenvalue weighted by atomic mass is 10.2. The van der Waals surface area contributed by atoms with Crippen LogP contribution in [0.5, 0.6) is 0 Å². The maximum atomic E-state index is 12.6. The minimum Gasteiger partial charge on any atom is -0.353 e. The van der Waals surface area contributed by atoms with Crippen molar-refractivity contribution in [2.45, 2.75) is 12.5 Å². The topological polar surface area (TPSA) is 91.2 Å². The van der Waals surface area contributed by atoms with Gasteiger partial charge in [-0.05, 0) is 30.7 Å². The number of fused-ring (bicyclic) bond motifs is 2. The lowest BCUT2D eigenvalue weighted by molar-refractivity contribution is 0.0936. The van der Waals surface area contributed by atoms with E-state index in [2.05, 4.69) is 30.5 Å². The van der Waals surface area contributed by atoms with Gasteiger partial charge >= 0.3 is 0 Å². The number of nitrogens with zero attached hydrogens (tertiary/aromatic N) is 5. The molecule has 5 rings (SSSR count). The number of hydrogen-bond donors (Lipinski definition) is 2. The van der Waals surface area contributed by atoms with E-state index < -0.39 is 0 Å². The molecule has 0 radical (unpaired) electrons. The molecule has 130 valence electrons. The summed E-state index contributed by atoms with van der Waals surface area (Å²) in [6.07, 6.45) is 2.47. The minimum atomic E-state index is -0.0738. The highest BCUT2D eigenvalue weighted by molar-refractivity contribution is 5.98. The molecule has 1 saturated heterocycles. The van der Waals surface area contributed by atoms with Gasteiger partial charge in [0.1, 0.15) is 17.8 Å². The summed E-state index contributed by atoms with van der Waals surface area (Å²) in [7, 11) is 0.